The van der Waals surface area contributed by atoms with Crippen LogP contribution >= 0.6 is 23.4 Å². The van der Waals surface area contributed by atoms with Gasteiger partial charge in [0.05, 0.1) is 20.3 Å². The molecule has 5 nitrogen and oxygen atoms in total. The predicted molar refractivity (Wildman–Crippen MR) is 107 cm³/mol. The van der Waals surface area contributed by atoms with Crippen LogP contribution in [0.3, 0.4) is 0 Å². The van der Waals surface area contributed by atoms with Gasteiger partial charge in [-0.05, 0) is 48.9 Å². The Labute approximate surface area is 163 Å². The highest BCUT2D eigenvalue weighted by molar-refractivity contribution is 7.99. The molecule has 0 aliphatic carbocycles. The Morgan fingerprint density at radius 1 is 1.12 bits per heavy atom. The number of amides is 2. The van der Waals surface area contributed by atoms with Crippen molar-refractivity contribution in [2.45, 2.75) is 17.9 Å². The van der Waals surface area contributed by atoms with Crippen LogP contribution in [0.1, 0.15) is 18.5 Å². The minimum atomic E-state index is -0.205. The summed E-state index contributed by atoms with van der Waals surface area (Å²) in [6.45, 7) is 2.49. The lowest BCUT2D eigenvalue weighted by molar-refractivity contribution is 0.238. The van der Waals surface area contributed by atoms with Crippen molar-refractivity contribution in [1.29, 1.82) is 0 Å². The zero-order chi connectivity index (χ0) is 18.9. The van der Waals surface area contributed by atoms with E-state index in [4.69, 9.17) is 21.1 Å². The molecule has 0 aromatic heterocycles. The first-order chi connectivity index (χ1) is 12.5. The van der Waals surface area contributed by atoms with Crippen molar-refractivity contribution in [3.05, 3.63) is 53.1 Å². The molecule has 0 radical (unpaired) electrons. The Morgan fingerprint density at radius 3 is 2.46 bits per heavy atom. The lowest BCUT2D eigenvalue weighted by Gasteiger charge is -2.17. The third-order valence-corrected chi connectivity index (χ3v) is 4.99. The van der Waals surface area contributed by atoms with Crippen LogP contribution in [-0.2, 0) is 0 Å². The fourth-order valence-corrected chi connectivity index (χ4v) is 3.21. The average molecular weight is 395 g/mol. The van der Waals surface area contributed by atoms with Crippen LogP contribution in [0.25, 0.3) is 0 Å². The summed E-state index contributed by atoms with van der Waals surface area (Å²) in [7, 11) is 3.18. The Bertz CT molecular complexity index is 725. The highest BCUT2D eigenvalue weighted by Crippen LogP contribution is 2.29. The molecule has 2 aromatic rings. The lowest BCUT2D eigenvalue weighted by Crippen LogP contribution is -2.38. The third-order valence-electron chi connectivity index (χ3n) is 3.73. The van der Waals surface area contributed by atoms with E-state index in [0.29, 0.717) is 18.0 Å². The topological polar surface area (TPSA) is 59.6 Å². The molecule has 26 heavy (non-hydrogen) atoms. The molecule has 2 N–H and O–H groups in total. The number of nitrogens with one attached hydrogen (secondary N) is 2. The van der Waals surface area contributed by atoms with Gasteiger partial charge in [0.1, 0.15) is 0 Å². The quantitative estimate of drug-likeness (QED) is 0.511. The first-order valence-corrected chi connectivity index (χ1v) is 9.54. The predicted octanol–water partition coefficient (Wildman–Crippen LogP) is 4.51. The maximum atomic E-state index is 12.1. The average Bonchev–Trinajstić information content (AvgIpc) is 2.66. The zero-order valence-corrected chi connectivity index (χ0v) is 16.6. The number of rotatable bonds is 8. The Kier molecular flexibility index (Phi) is 7.94. The van der Waals surface area contributed by atoms with Crippen LogP contribution in [0.2, 0.25) is 5.02 Å². The second-order valence-corrected chi connectivity index (χ2v) is 7.14. The molecule has 2 rings (SSSR count). The Hall–Kier alpha value is -2.05. The number of carbonyl (C=O) groups is 1. The van der Waals surface area contributed by atoms with Gasteiger partial charge in [-0.1, -0.05) is 17.7 Å². The van der Waals surface area contributed by atoms with Crippen molar-refractivity contribution >= 4 is 29.4 Å². The minimum Gasteiger partial charge on any atom is -0.493 e. The number of ether oxygens (including phenoxy) is 2. The monoisotopic (exact) mass is 394 g/mol. The van der Waals surface area contributed by atoms with E-state index in [1.54, 1.807) is 26.0 Å². The molecular weight excluding hydrogens is 372 g/mol. The maximum Gasteiger partial charge on any atom is 0.315 e. The molecule has 0 saturated heterocycles. The number of halogens is 1. The second-order valence-electron chi connectivity index (χ2n) is 5.54. The van der Waals surface area contributed by atoms with E-state index in [-0.39, 0.29) is 12.1 Å². The van der Waals surface area contributed by atoms with Crippen LogP contribution in [0.15, 0.2) is 47.4 Å². The SMILES string of the molecule is COc1ccc(C(C)NC(=O)NCCSc2ccc(Cl)cc2)cc1OC. The van der Waals surface area contributed by atoms with Crippen LogP contribution < -0.4 is 20.1 Å². The van der Waals surface area contributed by atoms with Crippen molar-refractivity contribution in [3.63, 3.8) is 0 Å². The van der Waals surface area contributed by atoms with Gasteiger partial charge >= 0.3 is 6.03 Å². The second kappa shape index (κ2) is 10.2. The molecule has 1 atom stereocenters. The number of hydrogen-bond donors (Lipinski definition) is 2. The zero-order valence-electron chi connectivity index (χ0n) is 15.0. The molecule has 0 aliphatic rings. The van der Waals surface area contributed by atoms with Crippen molar-refractivity contribution < 1.29 is 14.3 Å². The molecule has 0 heterocycles. The minimum absolute atomic E-state index is 0.154. The van der Waals surface area contributed by atoms with Crippen molar-refractivity contribution in [2.75, 3.05) is 26.5 Å². The normalized spacial score (nSPS) is 11.5. The summed E-state index contributed by atoms with van der Waals surface area (Å²) in [6, 6.07) is 12.9. The van der Waals surface area contributed by atoms with Crippen LogP contribution in [0, 0.1) is 0 Å². The van der Waals surface area contributed by atoms with Crippen LogP contribution in [0.5, 0.6) is 11.5 Å². The maximum absolute atomic E-state index is 12.1. The largest absolute Gasteiger partial charge is 0.493 e. The van der Waals surface area contributed by atoms with Gasteiger partial charge in [0, 0.05) is 22.2 Å². The molecule has 2 aromatic carbocycles. The first kappa shape index (κ1) is 20.3. The summed E-state index contributed by atoms with van der Waals surface area (Å²) in [5.74, 6) is 2.07. The summed E-state index contributed by atoms with van der Waals surface area (Å²) in [5.41, 5.74) is 0.938. The first-order valence-electron chi connectivity index (χ1n) is 8.18. The van der Waals surface area contributed by atoms with Gasteiger partial charge in [0.15, 0.2) is 11.5 Å². The van der Waals surface area contributed by atoms with E-state index in [9.17, 15) is 4.79 Å². The van der Waals surface area contributed by atoms with Crippen LogP contribution in [-0.4, -0.2) is 32.5 Å². The van der Waals surface area contributed by atoms with Gasteiger partial charge in [-0.25, -0.2) is 4.79 Å². The van der Waals surface area contributed by atoms with Crippen molar-refractivity contribution in [1.82, 2.24) is 10.6 Å². The molecule has 2 amide bonds. The van der Waals surface area contributed by atoms with Crippen LogP contribution in [0.4, 0.5) is 4.79 Å². The number of hydrogen-bond acceptors (Lipinski definition) is 4. The molecular formula is C19H23ClN2O3S. The van der Waals surface area contributed by atoms with E-state index in [0.717, 1.165) is 21.2 Å². The molecule has 140 valence electrons. The molecule has 7 heteroatoms. The number of methoxy groups -OCH3 is 2. The molecule has 0 saturated carbocycles. The smallest absolute Gasteiger partial charge is 0.315 e. The fraction of sp³-hybridized carbons (Fsp3) is 0.316. The number of benzene rings is 2. The standard InChI is InChI=1S/C19H23ClN2O3S/c1-13(14-4-9-17(24-2)18(12-14)25-3)22-19(23)21-10-11-26-16-7-5-15(20)6-8-16/h4-9,12-13H,10-11H2,1-3H3,(H2,21,22,23). The molecule has 0 fully saturated rings. The number of urea groups is 1. The Morgan fingerprint density at radius 2 is 1.81 bits per heavy atom. The van der Waals surface area contributed by atoms with E-state index >= 15 is 0 Å². The van der Waals surface area contributed by atoms with Gasteiger partial charge in [-0.15, -0.1) is 11.8 Å². The summed E-state index contributed by atoms with van der Waals surface area (Å²) in [5, 5.41) is 6.50. The molecule has 1 unspecified atom stereocenters. The summed E-state index contributed by atoms with van der Waals surface area (Å²) < 4.78 is 10.5. The van der Waals surface area contributed by atoms with Gasteiger partial charge in [-0.2, -0.15) is 0 Å². The van der Waals surface area contributed by atoms with Gasteiger partial charge < -0.3 is 20.1 Å². The highest BCUT2D eigenvalue weighted by Gasteiger charge is 2.12. The van der Waals surface area contributed by atoms with E-state index < -0.39 is 0 Å². The van der Waals surface area contributed by atoms with Gasteiger partial charge in [-0.3, -0.25) is 0 Å². The Balaban J connectivity index is 1.77. The van der Waals surface area contributed by atoms with Crippen molar-refractivity contribution in [3.8, 4) is 11.5 Å². The van der Waals surface area contributed by atoms with Gasteiger partial charge in [0.2, 0.25) is 0 Å². The fourth-order valence-electron chi connectivity index (χ4n) is 2.32. The summed E-state index contributed by atoms with van der Waals surface area (Å²) in [4.78, 5) is 13.2. The molecule has 0 spiro atoms. The lowest BCUT2D eigenvalue weighted by atomic mass is 10.1. The van der Waals surface area contributed by atoms with Crippen molar-refractivity contribution in [2.24, 2.45) is 0 Å². The third kappa shape index (κ3) is 6.04. The number of carbonyl (C=O) groups excluding carboxylic acids is 1. The highest BCUT2D eigenvalue weighted by atomic mass is 35.5. The van der Waals surface area contributed by atoms with E-state index in [1.807, 2.05) is 49.4 Å². The summed E-state index contributed by atoms with van der Waals surface area (Å²) >= 11 is 7.52. The molecule has 0 bridgehead atoms. The molecule has 0 aliphatic heterocycles. The van der Waals surface area contributed by atoms with E-state index in [1.165, 1.54) is 0 Å². The van der Waals surface area contributed by atoms with E-state index in [2.05, 4.69) is 10.6 Å². The number of thioether (sulfide) groups is 1. The van der Waals surface area contributed by atoms with Gasteiger partial charge in [0.25, 0.3) is 0 Å². The summed E-state index contributed by atoms with van der Waals surface area (Å²) in [6.07, 6.45) is 0.